The predicted molar refractivity (Wildman–Crippen MR) is 84.2 cm³/mol. The van der Waals surface area contributed by atoms with Crippen molar-refractivity contribution in [3.8, 4) is 0 Å². The summed E-state index contributed by atoms with van der Waals surface area (Å²) in [4.78, 5) is 0. The standard InChI is InChI=1S/C13H28INO2/c1-5-10(2)13(17)8-14-11(3)6-7-15-9-12(4)16/h8,10-13,15-17H,5-7,9H2,1-4H3. The molecule has 0 saturated carbocycles. The maximum Gasteiger partial charge on any atom is 0.0798 e. The monoisotopic (exact) mass is 357 g/mol. The Hall–Kier alpha value is 0.480. The quantitative estimate of drug-likeness (QED) is 0.336. The Labute approximate surface area is 116 Å². The van der Waals surface area contributed by atoms with Gasteiger partial charge in [0.2, 0.25) is 0 Å². The number of nitrogens with one attached hydrogen (secondary N) is 1. The zero-order valence-corrected chi connectivity index (χ0v) is 13.6. The molecule has 0 heterocycles. The lowest BCUT2D eigenvalue weighted by atomic mass is 10.0. The van der Waals surface area contributed by atoms with Gasteiger partial charge < -0.3 is 15.5 Å². The summed E-state index contributed by atoms with van der Waals surface area (Å²) in [5.41, 5.74) is 0. The summed E-state index contributed by atoms with van der Waals surface area (Å²) in [6, 6.07) is 0. The first-order valence-electron chi connectivity index (χ1n) is 6.49. The SMILES string of the molecule is CCC(C)C(O)C=IC(C)CCNCC(C)O. The van der Waals surface area contributed by atoms with E-state index in [-0.39, 0.29) is 32.9 Å². The summed E-state index contributed by atoms with van der Waals surface area (Å²) >= 11 is -0.0290. The van der Waals surface area contributed by atoms with Crippen LogP contribution in [0.25, 0.3) is 0 Å². The Balaban J connectivity index is 3.70. The van der Waals surface area contributed by atoms with Crippen molar-refractivity contribution in [3.05, 3.63) is 0 Å². The smallest absolute Gasteiger partial charge is 0.0798 e. The van der Waals surface area contributed by atoms with Crippen LogP contribution in [0.3, 0.4) is 0 Å². The summed E-state index contributed by atoms with van der Waals surface area (Å²) < 4.78 is 2.83. The molecule has 0 fully saturated rings. The van der Waals surface area contributed by atoms with E-state index in [9.17, 15) is 5.11 Å². The van der Waals surface area contributed by atoms with Crippen LogP contribution in [0, 0.1) is 5.92 Å². The fourth-order valence-electron chi connectivity index (χ4n) is 1.24. The molecule has 0 saturated heterocycles. The summed E-state index contributed by atoms with van der Waals surface area (Å²) in [5, 5.41) is 22.1. The third-order valence-electron chi connectivity index (χ3n) is 2.80. The molecule has 4 atom stereocenters. The molecule has 0 aromatic heterocycles. The first-order chi connectivity index (χ1) is 7.97. The second-order valence-electron chi connectivity index (χ2n) is 4.75. The minimum Gasteiger partial charge on any atom is -0.392 e. The molecule has 0 aromatic carbocycles. The first-order valence-corrected chi connectivity index (χ1v) is 8.98. The topological polar surface area (TPSA) is 52.5 Å². The molecule has 0 aromatic rings. The summed E-state index contributed by atoms with van der Waals surface area (Å²) in [6.45, 7) is 9.88. The van der Waals surface area contributed by atoms with Gasteiger partial charge in [0.15, 0.2) is 0 Å². The van der Waals surface area contributed by atoms with Gasteiger partial charge in [0.1, 0.15) is 0 Å². The lowest BCUT2D eigenvalue weighted by Gasteiger charge is -2.13. The van der Waals surface area contributed by atoms with E-state index >= 15 is 0 Å². The molecule has 0 spiro atoms. The van der Waals surface area contributed by atoms with Gasteiger partial charge in [0.05, 0.1) is 12.2 Å². The van der Waals surface area contributed by atoms with Crippen LogP contribution in [0.5, 0.6) is 0 Å². The molecule has 0 aliphatic rings. The molecule has 0 amide bonds. The van der Waals surface area contributed by atoms with E-state index in [1.165, 1.54) is 0 Å². The van der Waals surface area contributed by atoms with E-state index in [0.717, 1.165) is 19.4 Å². The van der Waals surface area contributed by atoms with Gasteiger partial charge in [-0.1, -0.05) is 27.2 Å². The van der Waals surface area contributed by atoms with Crippen molar-refractivity contribution in [2.24, 2.45) is 5.92 Å². The molecule has 4 unspecified atom stereocenters. The van der Waals surface area contributed by atoms with Crippen LogP contribution < -0.4 is 5.32 Å². The molecule has 0 aliphatic heterocycles. The largest absolute Gasteiger partial charge is 0.392 e. The van der Waals surface area contributed by atoms with Crippen molar-refractivity contribution >= 4 is 24.7 Å². The van der Waals surface area contributed by atoms with E-state index < -0.39 is 0 Å². The van der Waals surface area contributed by atoms with Crippen molar-refractivity contribution in [1.29, 1.82) is 0 Å². The van der Waals surface area contributed by atoms with E-state index in [4.69, 9.17) is 5.11 Å². The van der Waals surface area contributed by atoms with Crippen LogP contribution in [-0.2, 0) is 0 Å². The third kappa shape index (κ3) is 10.1. The molecule has 3 N–H and O–H groups in total. The van der Waals surface area contributed by atoms with Gasteiger partial charge in [-0.3, -0.25) is 0 Å². The molecule has 4 heteroatoms. The van der Waals surface area contributed by atoms with Gasteiger partial charge in [-0.05, 0) is 29.8 Å². The fraction of sp³-hybridized carbons (Fsp3) is 0.923. The molecule has 3 nitrogen and oxygen atoms in total. The van der Waals surface area contributed by atoms with Crippen molar-refractivity contribution in [3.63, 3.8) is 0 Å². The molecule has 17 heavy (non-hydrogen) atoms. The molecular formula is C13H28INO2. The minimum atomic E-state index is -0.265. The highest BCUT2D eigenvalue weighted by atomic mass is 127. The number of hydrogen-bond donors (Lipinski definition) is 3. The molecule has 0 radical (unpaired) electrons. The van der Waals surface area contributed by atoms with Crippen molar-refractivity contribution in [2.75, 3.05) is 13.1 Å². The second kappa shape index (κ2) is 10.4. The van der Waals surface area contributed by atoms with E-state index in [0.29, 0.717) is 16.4 Å². The minimum absolute atomic E-state index is 0.0290. The predicted octanol–water partition coefficient (Wildman–Crippen LogP) is 1.92. The highest BCUT2D eigenvalue weighted by Crippen LogP contribution is 2.14. The number of rotatable bonds is 9. The number of halogens is 1. The average molecular weight is 357 g/mol. The van der Waals surface area contributed by atoms with Crippen LogP contribution >= 0.6 is 20.7 Å². The number of aliphatic hydroxyl groups excluding tert-OH is 2. The fourth-order valence-corrected chi connectivity index (χ4v) is 3.75. The zero-order valence-electron chi connectivity index (χ0n) is 11.5. The van der Waals surface area contributed by atoms with Gasteiger partial charge in [-0.15, -0.1) is 20.7 Å². The lowest BCUT2D eigenvalue weighted by Crippen LogP contribution is -2.26. The molecule has 0 aliphatic carbocycles. The Kier molecular flexibility index (Phi) is 10.7. The number of alkyl halides is 1. The van der Waals surface area contributed by atoms with Crippen molar-refractivity contribution in [1.82, 2.24) is 5.32 Å². The molecule has 104 valence electrons. The number of aliphatic hydroxyl groups is 2. The molecule has 0 rings (SSSR count). The van der Waals surface area contributed by atoms with E-state index in [1.54, 1.807) is 6.92 Å². The third-order valence-corrected chi connectivity index (χ3v) is 5.81. The maximum absolute atomic E-state index is 9.83. The van der Waals surface area contributed by atoms with E-state index in [2.05, 4.69) is 30.1 Å². The van der Waals surface area contributed by atoms with Crippen LogP contribution in [0.15, 0.2) is 0 Å². The Bertz CT molecular complexity index is 210. The summed E-state index contributed by atoms with van der Waals surface area (Å²) in [6.07, 6.45) is 1.68. The van der Waals surface area contributed by atoms with Gasteiger partial charge in [0.25, 0.3) is 0 Å². The molecule has 0 bridgehead atoms. The summed E-state index contributed by atoms with van der Waals surface area (Å²) in [7, 11) is 0. The van der Waals surface area contributed by atoms with Crippen LogP contribution in [0.2, 0.25) is 0 Å². The Morgan fingerprint density at radius 1 is 1.24 bits per heavy atom. The normalized spacial score (nSPS) is 19.6. The zero-order chi connectivity index (χ0) is 13.3. The first kappa shape index (κ1) is 17.5. The van der Waals surface area contributed by atoms with Gasteiger partial charge in [0, 0.05) is 10.5 Å². The van der Waals surface area contributed by atoms with Crippen molar-refractivity contribution in [2.45, 2.75) is 56.7 Å². The average Bonchev–Trinajstić information content (AvgIpc) is 2.30. The van der Waals surface area contributed by atoms with Gasteiger partial charge >= 0.3 is 0 Å². The van der Waals surface area contributed by atoms with Crippen LogP contribution in [0.4, 0.5) is 0 Å². The molecular weight excluding hydrogens is 329 g/mol. The second-order valence-corrected chi connectivity index (χ2v) is 8.32. The van der Waals surface area contributed by atoms with E-state index in [1.807, 2.05) is 0 Å². The lowest BCUT2D eigenvalue weighted by molar-refractivity contribution is 0.184. The highest BCUT2D eigenvalue weighted by Gasteiger charge is 2.08. The number of hydrogen-bond acceptors (Lipinski definition) is 3. The highest BCUT2D eigenvalue weighted by molar-refractivity contribution is 14.2. The van der Waals surface area contributed by atoms with Crippen molar-refractivity contribution < 1.29 is 10.2 Å². The Morgan fingerprint density at radius 3 is 2.41 bits per heavy atom. The maximum atomic E-state index is 9.83. The van der Waals surface area contributed by atoms with Crippen LogP contribution in [-0.4, -0.2) is 43.4 Å². The van der Waals surface area contributed by atoms with Crippen LogP contribution in [0.1, 0.15) is 40.5 Å². The van der Waals surface area contributed by atoms with Gasteiger partial charge in [-0.25, -0.2) is 0 Å². The van der Waals surface area contributed by atoms with Gasteiger partial charge in [-0.2, -0.15) is 0 Å². The Morgan fingerprint density at radius 2 is 1.88 bits per heavy atom. The summed E-state index contributed by atoms with van der Waals surface area (Å²) in [5.74, 6) is 0.385.